The molecule has 0 amide bonds. The predicted octanol–water partition coefficient (Wildman–Crippen LogP) is 0.997. The summed E-state index contributed by atoms with van der Waals surface area (Å²) in [6.45, 7) is 0. The van der Waals surface area contributed by atoms with Crippen molar-refractivity contribution >= 4 is 25.8 Å². The quantitative estimate of drug-likeness (QED) is 0.894. The fourth-order valence-electron chi connectivity index (χ4n) is 2.32. The summed E-state index contributed by atoms with van der Waals surface area (Å²) in [4.78, 5) is 7.82. The molecule has 0 spiro atoms. The number of aryl methyl sites for hydroxylation is 1. The van der Waals surface area contributed by atoms with Crippen LogP contribution in [0.3, 0.4) is 0 Å². The molecule has 9 heteroatoms. The first-order chi connectivity index (χ1) is 10.4. The molecule has 0 fully saturated rings. The highest BCUT2D eigenvalue weighted by molar-refractivity contribution is 7.92. The number of aromatic nitrogens is 2. The first-order valence-electron chi connectivity index (χ1n) is 6.54. The Labute approximate surface area is 128 Å². The van der Waals surface area contributed by atoms with Gasteiger partial charge in [-0.1, -0.05) is 0 Å². The minimum atomic E-state index is -3.85. The van der Waals surface area contributed by atoms with Gasteiger partial charge in [-0.2, -0.15) is 0 Å². The first kappa shape index (κ1) is 14.9. The SMILES string of the molecule is O=S1(=O)CCCc2cc(S(=O)(=O)Nc3ncccn3)ccc21. The largest absolute Gasteiger partial charge is 0.264 e. The van der Waals surface area contributed by atoms with Crippen LogP contribution in [0.25, 0.3) is 0 Å². The monoisotopic (exact) mass is 339 g/mol. The molecule has 2 heterocycles. The normalized spacial score (nSPS) is 16.7. The van der Waals surface area contributed by atoms with Crippen LogP contribution >= 0.6 is 0 Å². The minimum absolute atomic E-state index is 0.00389. The average Bonchev–Trinajstić information content (AvgIpc) is 2.47. The number of hydrogen-bond donors (Lipinski definition) is 1. The van der Waals surface area contributed by atoms with Gasteiger partial charge in [-0.25, -0.2) is 31.5 Å². The van der Waals surface area contributed by atoms with E-state index in [0.717, 1.165) is 0 Å². The fourth-order valence-corrected chi connectivity index (χ4v) is 4.90. The van der Waals surface area contributed by atoms with E-state index in [1.54, 1.807) is 6.07 Å². The smallest absolute Gasteiger partial charge is 0.247 e. The minimum Gasteiger partial charge on any atom is -0.247 e. The molecular formula is C13H13N3O4S2. The summed E-state index contributed by atoms with van der Waals surface area (Å²) >= 11 is 0. The topological polar surface area (TPSA) is 106 Å². The van der Waals surface area contributed by atoms with Crippen LogP contribution in [0.15, 0.2) is 46.5 Å². The summed E-state index contributed by atoms with van der Waals surface area (Å²) in [5.41, 5.74) is 0.531. The van der Waals surface area contributed by atoms with Gasteiger partial charge in [-0.3, -0.25) is 0 Å². The second-order valence-corrected chi connectivity index (χ2v) is 8.63. The lowest BCUT2D eigenvalue weighted by atomic mass is 10.1. The molecule has 1 N–H and O–H groups in total. The molecule has 1 aliphatic rings. The van der Waals surface area contributed by atoms with E-state index >= 15 is 0 Å². The van der Waals surface area contributed by atoms with Crippen molar-refractivity contribution in [2.75, 3.05) is 10.5 Å². The molecule has 0 saturated heterocycles. The maximum Gasteiger partial charge on any atom is 0.264 e. The van der Waals surface area contributed by atoms with Gasteiger partial charge in [-0.05, 0) is 42.7 Å². The lowest BCUT2D eigenvalue weighted by molar-refractivity contribution is 0.584. The Morgan fingerprint density at radius 3 is 2.59 bits per heavy atom. The van der Waals surface area contributed by atoms with Crippen LogP contribution in [0.5, 0.6) is 0 Å². The van der Waals surface area contributed by atoms with E-state index < -0.39 is 19.9 Å². The Kier molecular flexibility index (Phi) is 3.61. The van der Waals surface area contributed by atoms with Crippen LogP contribution < -0.4 is 4.72 Å². The van der Waals surface area contributed by atoms with Gasteiger partial charge in [0.1, 0.15) is 0 Å². The summed E-state index contributed by atoms with van der Waals surface area (Å²) in [5.74, 6) is 0.0650. The molecule has 1 aliphatic heterocycles. The standard InChI is InChI=1S/C13H13N3O4S2/c17-21(18)8-1-3-10-9-11(4-5-12(10)21)22(19,20)16-13-14-6-2-7-15-13/h2,4-7,9H,1,3,8H2,(H,14,15,16). The summed E-state index contributed by atoms with van der Waals surface area (Å²) in [6.07, 6.45) is 3.88. The molecule has 1 aromatic heterocycles. The van der Waals surface area contributed by atoms with Crippen molar-refractivity contribution in [3.63, 3.8) is 0 Å². The molecule has 3 rings (SSSR count). The highest BCUT2D eigenvalue weighted by Crippen LogP contribution is 2.27. The highest BCUT2D eigenvalue weighted by atomic mass is 32.2. The van der Waals surface area contributed by atoms with Crippen LogP contribution in [0.2, 0.25) is 0 Å². The van der Waals surface area contributed by atoms with Gasteiger partial charge in [0.25, 0.3) is 10.0 Å². The lowest BCUT2D eigenvalue weighted by Gasteiger charge is -2.17. The van der Waals surface area contributed by atoms with E-state index in [-0.39, 0.29) is 21.5 Å². The van der Waals surface area contributed by atoms with Crippen LogP contribution in [-0.4, -0.2) is 32.6 Å². The van der Waals surface area contributed by atoms with Crippen molar-refractivity contribution in [3.05, 3.63) is 42.2 Å². The fraction of sp³-hybridized carbons (Fsp3) is 0.231. The highest BCUT2D eigenvalue weighted by Gasteiger charge is 2.25. The molecule has 1 aromatic carbocycles. The van der Waals surface area contributed by atoms with E-state index in [2.05, 4.69) is 14.7 Å². The number of hydrogen-bond acceptors (Lipinski definition) is 6. The molecule has 0 aliphatic carbocycles. The summed E-state index contributed by atoms with van der Waals surface area (Å²) in [6, 6.07) is 5.61. The van der Waals surface area contributed by atoms with E-state index in [1.807, 2.05) is 0 Å². The third-order valence-corrected chi connectivity index (χ3v) is 6.55. The maximum absolute atomic E-state index is 12.3. The molecule has 7 nitrogen and oxygen atoms in total. The zero-order valence-corrected chi connectivity index (χ0v) is 13.1. The zero-order chi connectivity index (χ0) is 15.8. The number of benzene rings is 1. The molecule has 116 valence electrons. The second-order valence-electron chi connectivity index (χ2n) is 4.87. The lowest BCUT2D eigenvalue weighted by Crippen LogP contribution is -2.19. The van der Waals surface area contributed by atoms with Crippen molar-refractivity contribution in [1.29, 1.82) is 0 Å². The first-order valence-corrected chi connectivity index (χ1v) is 9.68. The van der Waals surface area contributed by atoms with E-state index in [1.165, 1.54) is 30.6 Å². The summed E-state index contributed by atoms with van der Waals surface area (Å²) in [7, 11) is -7.16. The Morgan fingerprint density at radius 1 is 1.14 bits per heavy atom. The Hall–Kier alpha value is -2.00. The summed E-state index contributed by atoms with van der Waals surface area (Å²) in [5, 5.41) is 0. The van der Waals surface area contributed by atoms with Crippen LogP contribution in [-0.2, 0) is 26.3 Å². The second kappa shape index (κ2) is 5.33. The van der Waals surface area contributed by atoms with Gasteiger partial charge >= 0.3 is 0 Å². The molecule has 0 bridgehead atoms. The van der Waals surface area contributed by atoms with Crippen molar-refractivity contribution < 1.29 is 16.8 Å². The predicted molar refractivity (Wildman–Crippen MR) is 79.7 cm³/mol. The number of rotatable bonds is 3. The van der Waals surface area contributed by atoms with Gasteiger partial charge in [-0.15, -0.1) is 0 Å². The van der Waals surface area contributed by atoms with Gasteiger partial charge < -0.3 is 0 Å². The molecule has 22 heavy (non-hydrogen) atoms. The number of sulfone groups is 1. The average molecular weight is 339 g/mol. The van der Waals surface area contributed by atoms with E-state index in [4.69, 9.17) is 0 Å². The molecule has 0 atom stereocenters. The molecular weight excluding hydrogens is 326 g/mol. The van der Waals surface area contributed by atoms with Crippen LogP contribution in [0.4, 0.5) is 5.95 Å². The molecule has 0 radical (unpaired) electrons. The Balaban J connectivity index is 1.99. The maximum atomic E-state index is 12.3. The van der Waals surface area contributed by atoms with Crippen molar-refractivity contribution in [3.8, 4) is 0 Å². The van der Waals surface area contributed by atoms with Crippen LogP contribution in [0, 0.1) is 0 Å². The number of anilines is 1. The van der Waals surface area contributed by atoms with Gasteiger partial charge in [0.15, 0.2) is 9.84 Å². The third kappa shape index (κ3) is 2.81. The third-order valence-electron chi connectivity index (χ3n) is 3.33. The molecule has 2 aromatic rings. The van der Waals surface area contributed by atoms with Gasteiger partial charge in [0, 0.05) is 12.4 Å². The molecule has 0 unspecified atom stereocenters. The van der Waals surface area contributed by atoms with Crippen LogP contribution in [0.1, 0.15) is 12.0 Å². The number of nitrogens with zero attached hydrogens (tertiary/aromatic N) is 2. The number of fused-ring (bicyclic) bond motifs is 1. The summed E-state index contributed by atoms with van der Waals surface area (Å²) < 4.78 is 50.8. The van der Waals surface area contributed by atoms with Crippen molar-refractivity contribution in [2.24, 2.45) is 0 Å². The Morgan fingerprint density at radius 2 is 1.86 bits per heavy atom. The zero-order valence-electron chi connectivity index (χ0n) is 11.4. The number of nitrogens with one attached hydrogen (secondary N) is 1. The van der Waals surface area contributed by atoms with Gasteiger partial charge in [0.05, 0.1) is 15.5 Å². The van der Waals surface area contributed by atoms with Crippen molar-refractivity contribution in [2.45, 2.75) is 22.6 Å². The number of sulfonamides is 1. The van der Waals surface area contributed by atoms with Crippen molar-refractivity contribution in [1.82, 2.24) is 9.97 Å². The Bertz CT molecular complexity index is 910. The molecule has 0 saturated carbocycles. The van der Waals surface area contributed by atoms with Gasteiger partial charge in [0.2, 0.25) is 5.95 Å². The van der Waals surface area contributed by atoms with E-state index in [9.17, 15) is 16.8 Å². The van der Waals surface area contributed by atoms with E-state index in [0.29, 0.717) is 18.4 Å².